The molecule has 0 unspecified atom stereocenters. The van der Waals surface area contributed by atoms with Crippen molar-refractivity contribution in [1.82, 2.24) is 9.88 Å². The molecule has 0 atom stereocenters. The zero-order valence-electron chi connectivity index (χ0n) is 8.69. The molecule has 0 aliphatic carbocycles. The molecule has 2 heterocycles. The molecule has 15 heavy (non-hydrogen) atoms. The molecule has 0 bridgehead atoms. The minimum absolute atomic E-state index is 0.0816. The van der Waals surface area contributed by atoms with E-state index >= 15 is 0 Å². The minimum Gasteiger partial charge on any atom is -0.381 e. The van der Waals surface area contributed by atoms with Crippen molar-refractivity contribution in [2.24, 2.45) is 0 Å². The SMILES string of the molecule is O=C(Cn1cccc1)NC1CCOCC1. The monoisotopic (exact) mass is 208 g/mol. The first-order chi connectivity index (χ1) is 7.34. The van der Waals surface area contributed by atoms with Crippen molar-refractivity contribution in [2.45, 2.75) is 25.4 Å². The summed E-state index contributed by atoms with van der Waals surface area (Å²) in [5.74, 6) is 0.0816. The summed E-state index contributed by atoms with van der Waals surface area (Å²) in [6, 6.07) is 4.13. The van der Waals surface area contributed by atoms with Gasteiger partial charge in [0.15, 0.2) is 0 Å². The fourth-order valence-corrected chi connectivity index (χ4v) is 1.76. The van der Waals surface area contributed by atoms with E-state index in [0.29, 0.717) is 12.6 Å². The molecule has 4 heteroatoms. The van der Waals surface area contributed by atoms with Crippen LogP contribution in [0.25, 0.3) is 0 Å². The molecule has 0 radical (unpaired) electrons. The number of nitrogens with zero attached hydrogens (tertiary/aromatic N) is 1. The van der Waals surface area contributed by atoms with Gasteiger partial charge in [0.05, 0.1) is 0 Å². The highest BCUT2D eigenvalue weighted by atomic mass is 16.5. The van der Waals surface area contributed by atoms with Crippen molar-refractivity contribution < 1.29 is 9.53 Å². The third-order valence-electron chi connectivity index (χ3n) is 2.58. The smallest absolute Gasteiger partial charge is 0.240 e. The number of hydrogen-bond donors (Lipinski definition) is 1. The molecule has 1 aromatic rings. The van der Waals surface area contributed by atoms with Crippen molar-refractivity contribution in [3.05, 3.63) is 24.5 Å². The minimum atomic E-state index is 0.0816. The first kappa shape index (κ1) is 10.2. The summed E-state index contributed by atoms with van der Waals surface area (Å²) < 4.78 is 7.10. The second kappa shape index (κ2) is 4.98. The Bertz CT molecular complexity index is 302. The zero-order valence-corrected chi connectivity index (χ0v) is 8.69. The van der Waals surface area contributed by atoms with Crippen LogP contribution in [0.5, 0.6) is 0 Å². The molecule has 4 nitrogen and oxygen atoms in total. The number of ether oxygens (including phenoxy) is 1. The Morgan fingerprint density at radius 2 is 2.00 bits per heavy atom. The molecule has 1 aliphatic rings. The number of aromatic nitrogens is 1. The Morgan fingerprint density at radius 3 is 2.67 bits per heavy atom. The highest BCUT2D eigenvalue weighted by Crippen LogP contribution is 2.05. The largest absolute Gasteiger partial charge is 0.381 e. The quantitative estimate of drug-likeness (QED) is 0.797. The lowest BCUT2D eigenvalue weighted by Crippen LogP contribution is -2.40. The van der Waals surface area contributed by atoms with Crippen LogP contribution >= 0.6 is 0 Å². The third kappa shape index (κ3) is 3.09. The number of nitrogens with one attached hydrogen (secondary N) is 1. The van der Waals surface area contributed by atoms with E-state index in [1.54, 1.807) is 0 Å². The molecule has 82 valence electrons. The van der Waals surface area contributed by atoms with Crippen molar-refractivity contribution in [3.63, 3.8) is 0 Å². The molecule has 1 amide bonds. The molecular formula is C11H16N2O2. The highest BCUT2D eigenvalue weighted by Gasteiger charge is 2.15. The Kier molecular flexibility index (Phi) is 3.40. The predicted molar refractivity (Wildman–Crippen MR) is 56.4 cm³/mol. The van der Waals surface area contributed by atoms with E-state index in [2.05, 4.69) is 5.32 Å². The number of carbonyl (C=O) groups excluding carboxylic acids is 1. The fourth-order valence-electron chi connectivity index (χ4n) is 1.76. The van der Waals surface area contributed by atoms with E-state index in [1.165, 1.54) is 0 Å². The maximum atomic E-state index is 11.6. The van der Waals surface area contributed by atoms with E-state index < -0.39 is 0 Å². The van der Waals surface area contributed by atoms with Gasteiger partial charge in [-0.2, -0.15) is 0 Å². The first-order valence-electron chi connectivity index (χ1n) is 5.32. The Morgan fingerprint density at radius 1 is 1.33 bits per heavy atom. The van der Waals surface area contributed by atoms with E-state index in [1.807, 2.05) is 29.1 Å². The average molecular weight is 208 g/mol. The lowest BCUT2D eigenvalue weighted by molar-refractivity contribution is -0.122. The number of amides is 1. The van der Waals surface area contributed by atoms with Crippen molar-refractivity contribution in [1.29, 1.82) is 0 Å². The predicted octanol–water partition coefficient (Wildman–Crippen LogP) is 0.783. The average Bonchev–Trinajstić information content (AvgIpc) is 2.71. The van der Waals surface area contributed by atoms with Crippen LogP contribution < -0.4 is 5.32 Å². The van der Waals surface area contributed by atoms with Crippen molar-refractivity contribution in [2.75, 3.05) is 13.2 Å². The van der Waals surface area contributed by atoms with Crippen LogP contribution in [0.2, 0.25) is 0 Å². The molecule has 1 aromatic heterocycles. The molecule has 0 spiro atoms. The summed E-state index contributed by atoms with van der Waals surface area (Å²) in [7, 11) is 0. The highest BCUT2D eigenvalue weighted by molar-refractivity contribution is 5.76. The lowest BCUT2D eigenvalue weighted by atomic mass is 10.1. The van der Waals surface area contributed by atoms with Gasteiger partial charge in [-0.3, -0.25) is 4.79 Å². The number of rotatable bonds is 3. The summed E-state index contributed by atoms with van der Waals surface area (Å²) in [4.78, 5) is 11.6. The lowest BCUT2D eigenvalue weighted by Gasteiger charge is -2.23. The Labute approximate surface area is 89.2 Å². The summed E-state index contributed by atoms with van der Waals surface area (Å²) in [6.07, 6.45) is 5.64. The molecule has 1 fully saturated rings. The molecule has 0 saturated carbocycles. The molecule has 1 aliphatic heterocycles. The van der Waals surface area contributed by atoms with Gasteiger partial charge in [0.1, 0.15) is 6.54 Å². The first-order valence-corrected chi connectivity index (χ1v) is 5.32. The Balaban J connectivity index is 1.76. The number of hydrogen-bond acceptors (Lipinski definition) is 2. The molecule has 1 N–H and O–H groups in total. The zero-order chi connectivity index (χ0) is 10.5. The molecule has 0 aromatic carbocycles. The van der Waals surface area contributed by atoms with E-state index in [4.69, 9.17) is 4.74 Å². The molecule has 2 rings (SSSR count). The number of carbonyl (C=O) groups is 1. The van der Waals surface area contributed by atoms with Gasteiger partial charge in [0.2, 0.25) is 5.91 Å². The van der Waals surface area contributed by atoms with Crippen LogP contribution in [0.15, 0.2) is 24.5 Å². The van der Waals surface area contributed by atoms with Gasteiger partial charge in [0.25, 0.3) is 0 Å². The van der Waals surface area contributed by atoms with Gasteiger partial charge >= 0.3 is 0 Å². The van der Waals surface area contributed by atoms with Crippen LogP contribution in [0, 0.1) is 0 Å². The normalized spacial score (nSPS) is 17.6. The second-order valence-electron chi connectivity index (χ2n) is 3.81. The summed E-state index contributed by atoms with van der Waals surface area (Å²) in [5, 5.41) is 3.02. The van der Waals surface area contributed by atoms with Crippen LogP contribution in [0.4, 0.5) is 0 Å². The van der Waals surface area contributed by atoms with E-state index in [9.17, 15) is 4.79 Å². The van der Waals surface area contributed by atoms with Gasteiger partial charge < -0.3 is 14.6 Å². The standard InChI is InChI=1S/C11H16N2O2/c14-11(9-13-5-1-2-6-13)12-10-3-7-15-8-4-10/h1-2,5-6,10H,3-4,7-9H2,(H,12,14). The maximum absolute atomic E-state index is 11.6. The van der Waals surface area contributed by atoms with Crippen molar-refractivity contribution >= 4 is 5.91 Å². The second-order valence-corrected chi connectivity index (χ2v) is 3.81. The molecular weight excluding hydrogens is 192 g/mol. The van der Waals surface area contributed by atoms with E-state index in [-0.39, 0.29) is 5.91 Å². The van der Waals surface area contributed by atoms with Crippen LogP contribution in [0.1, 0.15) is 12.8 Å². The topological polar surface area (TPSA) is 43.3 Å². The Hall–Kier alpha value is -1.29. The third-order valence-corrected chi connectivity index (χ3v) is 2.58. The van der Waals surface area contributed by atoms with E-state index in [0.717, 1.165) is 26.1 Å². The van der Waals surface area contributed by atoms with Crippen LogP contribution in [0.3, 0.4) is 0 Å². The van der Waals surface area contributed by atoms with Gasteiger partial charge in [-0.15, -0.1) is 0 Å². The van der Waals surface area contributed by atoms with Gasteiger partial charge in [-0.1, -0.05) is 0 Å². The molecule has 1 saturated heterocycles. The van der Waals surface area contributed by atoms with Gasteiger partial charge in [-0.25, -0.2) is 0 Å². The van der Waals surface area contributed by atoms with Gasteiger partial charge in [-0.05, 0) is 25.0 Å². The summed E-state index contributed by atoms with van der Waals surface area (Å²) in [6.45, 7) is 1.92. The maximum Gasteiger partial charge on any atom is 0.240 e. The van der Waals surface area contributed by atoms with Crippen LogP contribution in [-0.2, 0) is 16.1 Å². The summed E-state index contributed by atoms with van der Waals surface area (Å²) >= 11 is 0. The van der Waals surface area contributed by atoms with Gasteiger partial charge in [0, 0.05) is 31.6 Å². The fraction of sp³-hybridized carbons (Fsp3) is 0.545. The van der Waals surface area contributed by atoms with Crippen LogP contribution in [-0.4, -0.2) is 29.7 Å². The van der Waals surface area contributed by atoms with Crippen molar-refractivity contribution in [3.8, 4) is 0 Å². The summed E-state index contributed by atoms with van der Waals surface area (Å²) in [5.41, 5.74) is 0.